The van der Waals surface area contributed by atoms with Crippen molar-refractivity contribution in [3.8, 4) is 0 Å². The largest absolute Gasteiger partial charge is 0.444 e. The summed E-state index contributed by atoms with van der Waals surface area (Å²) in [6.07, 6.45) is 5.42. The van der Waals surface area contributed by atoms with Gasteiger partial charge < -0.3 is 14.4 Å². The Bertz CT molecular complexity index is 384. The number of carbonyl (C=O) groups is 1. The van der Waals surface area contributed by atoms with Crippen molar-refractivity contribution < 1.29 is 14.3 Å². The maximum absolute atomic E-state index is 12.2. The molecular formula is C17H31NO3. The van der Waals surface area contributed by atoms with E-state index < -0.39 is 5.60 Å². The molecule has 0 N–H and O–H groups in total. The fourth-order valence-corrected chi connectivity index (χ4v) is 3.44. The van der Waals surface area contributed by atoms with Gasteiger partial charge in [0.25, 0.3) is 0 Å². The topological polar surface area (TPSA) is 42.1 Å². The van der Waals surface area contributed by atoms with Crippen molar-refractivity contribution in [1.29, 1.82) is 0 Å². The Morgan fingerprint density at radius 2 is 1.95 bits per heavy atom. The molecule has 21 heavy (non-hydrogen) atoms. The van der Waals surface area contributed by atoms with E-state index in [0.717, 1.165) is 45.4 Å². The Morgan fingerprint density at radius 3 is 2.48 bits per heavy atom. The van der Waals surface area contributed by atoms with Crippen LogP contribution in [0.1, 0.15) is 66.7 Å². The van der Waals surface area contributed by atoms with Crippen LogP contribution in [0.4, 0.5) is 4.79 Å². The third-order valence-electron chi connectivity index (χ3n) is 4.83. The molecule has 0 saturated carbocycles. The number of rotatable bonds is 3. The van der Waals surface area contributed by atoms with E-state index in [4.69, 9.17) is 9.47 Å². The van der Waals surface area contributed by atoms with Crippen molar-refractivity contribution in [2.75, 3.05) is 19.7 Å². The number of hydrogen-bond acceptors (Lipinski definition) is 3. The molecule has 0 aromatic carbocycles. The molecule has 2 unspecified atom stereocenters. The highest BCUT2D eigenvalue weighted by Gasteiger charge is 2.47. The molecule has 4 heteroatoms. The standard InChI is InChI=1S/C17H31NO3/c1-6-17(12-16(5)13-20-16)8-7-10-18(11-9-17)14(19)21-15(2,3)4/h6-13H2,1-5H3. The maximum Gasteiger partial charge on any atom is 0.410 e. The van der Waals surface area contributed by atoms with Crippen LogP contribution in [0.2, 0.25) is 0 Å². The third kappa shape index (κ3) is 4.60. The predicted octanol–water partition coefficient (Wildman–Crippen LogP) is 3.98. The van der Waals surface area contributed by atoms with Crippen molar-refractivity contribution >= 4 is 6.09 Å². The van der Waals surface area contributed by atoms with Crippen LogP contribution in [0.5, 0.6) is 0 Å². The first kappa shape index (κ1) is 16.6. The average Bonchev–Trinajstić information content (AvgIpc) is 3.11. The van der Waals surface area contributed by atoms with E-state index in [9.17, 15) is 4.79 Å². The second-order valence-corrected chi connectivity index (χ2v) is 8.09. The molecule has 2 saturated heterocycles. The normalized spacial score (nSPS) is 33.5. The highest BCUT2D eigenvalue weighted by molar-refractivity contribution is 5.68. The van der Waals surface area contributed by atoms with E-state index in [-0.39, 0.29) is 11.7 Å². The summed E-state index contributed by atoms with van der Waals surface area (Å²) in [7, 11) is 0. The molecule has 2 aliphatic heterocycles. The number of carbonyl (C=O) groups excluding carboxylic acids is 1. The number of amides is 1. The molecule has 2 rings (SSSR count). The molecule has 0 aromatic heterocycles. The van der Waals surface area contributed by atoms with Gasteiger partial charge in [-0.25, -0.2) is 4.79 Å². The fraction of sp³-hybridized carbons (Fsp3) is 0.941. The van der Waals surface area contributed by atoms with Crippen LogP contribution in [0.15, 0.2) is 0 Å². The Morgan fingerprint density at radius 1 is 1.29 bits per heavy atom. The molecule has 0 aromatic rings. The Hall–Kier alpha value is -0.770. The summed E-state index contributed by atoms with van der Waals surface area (Å²) in [5.74, 6) is 0. The molecular weight excluding hydrogens is 266 g/mol. The van der Waals surface area contributed by atoms with E-state index in [1.54, 1.807) is 0 Å². The van der Waals surface area contributed by atoms with Crippen molar-refractivity contribution in [3.05, 3.63) is 0 Å². The molecule has 0 aliphatic carbocycles. The SMILES string of the molecule is CCC1(CC2(C)CO2)CCCN(C(=O)OC(C)(C)C)CC1. The van der Waals surface area contributed by atoms with Gasteiger partial charge in [-0.15, -0.1) is 0 Å². The summed E-state index contributed by atoms with van der Waals surface area (Å²) in [6.45, 7) is 12.8. The summed E-state index contributed by atoms with van der Waals surface area (Å²) in [5.41, 5.74) is -0.000324. The molecule has 2 aliphatic rings. The maximum atomic E-state index is 12.2. The van der Waals surface area contributed by atoms with Crippen LogP contribution in [0.25, 0.3) is 0 Å². The first-order valence-corrected chi connectivity index (χ1v) is 8.29. The monoisotopic (exact) mass is 297 g/mol. The van der Waals surface area contributed by atoms with Gasteiger partial charge in [0.15, 0.2) is 0 Å². The number of ether oxygens (including phenoxy) is 2. The van der Waals surface area contributed by atoms with E-state index in [0.29, 0.717) is 5.41 Å². The second-order valence-electron chi connectivity index (χ2n) is 8.09. The lowest BCUT2D eigenvalue weighted by Gasteiger charge is -2.33. The van der Waals surface area contributed by atoms with E-state index in [1.807, 2.05) is 25.7 Å². The lowest BCUT2D eigenvalue weighted by Crippen LogP contribution is -2.38. The summed E-state index contributed by atoms with van der Waals surface area (Å²) < 4.78 is 11.1. The van der Waals surface area contributed by atoms with Crippen LogP contribution in [-0.2, 0) is 9.47 Å². The van der Waals surface area contributed by atoms with Gasteiger partial charge in [-0.1, -0.05) is 13.3 Å². The van der Waals surface area contributed by atoms with Crippen molar-refractivity contribution in [2.45, 2.75) is 77.9 Å². The lowest BCUT2D eigenvalue weighted by atomic mass is 9.72. The Kier molecular flexibility index (Phi) is 4.57. The van der Waals surface area contributed by atoms with Crippen molar-refractivity contribution in [3.63, 3.8) is 0 Å². The van der Waals surface area contributed by atoms with Crippen LogP contribution in [0, 0.1) is 5.41 Å². The highest BCUT2D eigenvalue weighted by Crippen LogP contribution is 2.46. The van der Waals surface area contributed by atoms with Gasteiger partial charge in [0.2, 0.25) is 0 Å². The van der Waals surface area contributed by atoms with E-state index in [1.165, 1.54) is 6.42 Å². The molecule has 0 bridgehead atoms. The minimum atomic E-state index is -0.416. The van der Waals surface area contributed by atoms with Gasteiger partial charge in [0.05, 0.1) is 12.2 Å². The third-order valence-corrected chi connectivity index (χ3v) is 4.83. The first-order chi connectivity index (χ1) is 9.67. The zero-order valence-electron chi connectivity index (χ0n) is 14.3. The summed E-state index contributed by atoms with van der Waals surface area (Å²) in [4.78, 5) is 14.1. The second kappa shape index (κ2) is 5.79. The summed E-state index contributed by atoms with van der Waals surface area (Å²) in [5, 5.41) is 0. The molecule has 2 heterocycles. The van der Waals surface area contributed by atoms with Gasteiger partial charge in [-0.3, -0.25) is 0 Å². The van der Waals surface area contributed by atoms with E-state index >= 15 is 0 Å². The molecule has 122 valence electrons. The number of hydrogen-bond donors (Lipinski definition) is 0. The van der Waals surface area contributed by atoms with Crippen LogP contribution in [-0.4, -0.2) is 41.9 Å². The number of nitrogens with zero attached hydrogens (tertiary/aromatic N) is 1. The van der Waals surface area contributed by atoms with Gasteiger partial charge in [-0.2, -0.15) is 0 Å². The Labute approximate surface area is 129 Å². The zero-order valence-corrected chi connectivity index (χ0v) is 14.3. The van der Waals surface area contributed by atoms with Crippen LogP contribution in [0.3, 0.4) is 0 Å². The molecule has 4 nitrogen and oxygen atoms in total. The fourth-order valence-electron chi connectivity index (χ4n) is 3.44. The minimum Gasteiger partial charge on any atom is -0.444 e. The van der Waals surface area contributed by atoms with Crippen molar-refractivity contribution in [2.24, 2.45) is 5.41 Å². The quantitative estimate of drug-likeness (QED) is 0.740. The minimum absolute atomic E-state index is 0.0943. The zero-order chi connectivity index (χ0) is 15.7. The Balaban J connectivity index is 1.95. The van der Waals surface area contributed by atoms with Crippen LogP contribution < -0.4 is 0 Å². The molecule has 2 atom stereocenters. The molecule has 1 amide bonds. The lowest BCUT2D eigenvalue weighted by molar-refractivity contribution is 0.0248. The van der Waals surface area contributed by atoms with Crippen LogP contribution >= 0.6 is 0 Å². The number of epoxide rings is 1. The van der Waals surface area contributed by atoms with Gasteiger partial charge >= 0.3 is 6.09 Å². The molecule has 0 spiro atoms. The van der Waals surface area contributed by atoms with Gasteiger partial charge in [-0.05, 0) is 58.8 Å². The number of likely N-dealkylation sites (tertiary alicyclic amines) is 1. The summed E-state index contributed by atoms with van der Waals surface area (Å²) in [6, 6.07) is 0. The van der Waals surface area contributed by atoms with Gasteiger partial charge in [0, 0.05) is 13.1 Å². The summed E-state index contributed by atoms with van der Waals surface area (Å²) >= 11 is 0. The first-order valence-electron chi connectivity index (χ1n) is 8.29. The highest BCUT2D eigenvalue weighted by atomic mass is 16.6. The van der Waals surface area contributed by atoms with Crippen molar-refractivity contribution in [1.82, 2.24) is 4.90 Å². The average molecular weight is 297 g/mol. The molecule has 0 radical (unpaired) electrons. The smallest absolute Gasteiger partial charge is 0.410 e. The predicted molar refractivity (Wildman–Crippen MR) is 83.4 cm³/mol. The van der Waals surface area contributed by atoms with Gasteiger partial charge in [0.1, 0.15) is 5.60 Å². The molecule has 2 fully saturated rings. The van der Waals surface area contributed by atoms with E-state index in [2.05, 4.69) is 13.8 Å².